The van der Waals surface area contributed by atoms with Gasteiger partial charge in [0.05, 0.1) is 0 Å². The number of hydrogen-bond acceptors (Lipinski definition) is 4. The van der Waals surface area contributed by atoms with Gasteiger partial charge in [0, 0.05) is 43.2 Å². The van der Waals surface area contributed by atoms with Crippen LogP contribution >= 0.6 is 0 Å². The lowest BCUT2D eigenvalue weighted by Gasteiger charge is -2.23. The molecule has 0 aliphatic rings. The molecule has 0 amide bonds. The average molecular weight is 551 g/mol. The Balaban J connectivity index is 1.48. The van der Waals surface area contributed by atoms with E-state index in [4.69, 9.17) is 0 Å². The van der Waals surface area contributed by atoms with Crippen LogP contribution in [0.3, 0.4) is 0 Å². The molecule has 0 N–H and O–H groups in total. The van der Waals surface area contributed by atoms with Crippen LogP contribution in [0.2, 0.25) is 0 Å². The molecule has 0 saturated carbocycles. The van der Waals surface area contributed by atoms with Crippen LogP contribution in [0.15, 0.2) is 55.1 Å². The van der Waals surface area contributed by atoms with Crippen molar-refractivity contribution in [2.24, 2.45) is 0 Å². The SMILES string of the molecule is CCCCCCCCCCCCCCCCC(CC(Cc1ncccn1)c1ccc(F)cc1F)c1ncccn1. The van der Waals surface area contributed by atoms with Gasteiger partial charge < -0.3 is 0 Å². The van der Waals surface area contributed by atoms with Crippen molar-refractivity contribution in [3.8, 4) is 0 Å². The van der Waals surface area contributed by atoms with Crippen molar-refractivity contribution in [3.63, 3.8) is 0 Å². The smallest absolute Gasteiger partial charge is 0.131 e. The molecule has 1 aromatic carbocycles. The van der Waals surface area contributed by atoms with E-state index in [9.17, 15) is 8.78 Å². The standard InChI is InChI=1S/C34H48F2N4/c1-2-3-4-5-6-7-8-9-10-11-12-13-14-15-18-28(34-39-23-17-24-40-34)25-29(26-33-37-21-16-22-38-33)31-20-19-30(35)27-32(31)36/h16-17,19-24,27-29H,2-15,18,25-26H2,1H3. The van der Waals surface area contributed by atoms with E-state index in [1.54, 1.807) is 36.9 Å². The van der Waals surface area contributed by atoms with Gasteiger partial charge in [-0.15, -0.1) is 0 Å². The van der Waals surface area contributed by atoms with Gasteiger partial charge in [0.1, 0.15) is 23.3 Å². The molecule has 4 nitrogen and oxygen atoms in total. The minimum atomic E-state index is -0.568. The van der Waals surface area contributed by atoms with Crippen LogP contribution < -0.4 is 0 Å². The largest absolute Gasteiger partial charge is 0.241 e. The summed E-state index contributed by atoms with van der Waals surface area (Å²) in [5, 5.41) is 0. The van der Waals surface area contributed by atoms with Crippen molar-refractivity contribution >= 4 is 0 Å². The highest BCUT2D eigenvalue weighted by molar-refractivity contribution is 5.24. The second-order valence-electron chi connectivity index (χ2n) is 11.2. The minimum Gasteiger partial charge on any atom is -0.241 e. The number of aromatic nitrogens is 4. The fourth-order valence-corrected chi connectivity index (χ4v) is 5.61. The zero-order valence-electron chi connectivity index (χ0n) is 24.4. The lowest BCUT2D eigenvalue weighted by molar-refractivity contribution is 0.441. The molecule has 2 atom stereocenters. The molecular weight excluding hydrogens is 502 g/mol. The van der Waals surface area contributed by atoms with Crippen LogP contribution in [-0.2, 0) is 6.42 Å². The number of unbranched alkanes of at least 4 members (excludes halogenated alkanes) is 13. The quantitative estimate of drug-likeness (QED) is 0.124. The van der Waals surface area contributed by atoms with Crippen molar-refractivity contribution in [2.75, 3.05) is 0 Å². The van der Waals surface area contributed by atoms with Crippen molar-refractivity contribution in [1.82, 2.24) is 19.9 Å². The first kappa shape index (κ1) is 31.8. The van der Waals surface area contributed by atoms with Gasteiger partial charge >= 0.3 is 0 Å². The Hall–Kier alpha value is -2.76. The van der Waals surface area contributed by atoms with Crippen molar-refractivity contribution in [2.45, 2.75) is 128 Å². The summed E-state index contributed by atoms with van der Waals surface area (Å²) in [6.07, 6.45) is 27.6. The maximum Gasteiger partial charge on any atom is 0.131 e. The summed E-state index contributed by atoms with van der Waals surface area (Å²) in [7, 11) is 0. The fourth-order valence-electron chi connectivity index (χ4n) is 5.61. The Morgan fingerprint density at radius 3 is 1.70 bits per heavy atom. The lowest BCUT2D eigenvalue weighted by atomic mass is 9.83. The third kappa shape index (κ3) is 12.2. The monoisotopic (exact) mass is 550 g/mol. The summed E-state index contributed by atoms with van der Waals surface area (Å²) in [5.74, 6) is 0.228. The molecule has 0 saturated heterocycles. The summed E-state index contributed by atoms with van der Waals surface area (Å²) >= 11 is 0. The first-order chi connectivity index (χ1) is 19.7. The van der Waals surface area contributed by atoms with Gasteiger partial charge in [-0.05, 0) is 42.5 Å². The molecule has 40 heavy (non-hydrogen) atoms. The van der Waals surface area contributed by atoms with Crippen LogP contribution in [0.4, 0.5) is 8.78 Å². The Bertz CT molecular complexity index is 1050. The summed E-state index contributed by atoms with van der Waals surface area (Å²) < 4.78 is 28.6. The van der Waals surface area contributed by atoms with E-state index in [0.717, 1.165) is 24.7 Å². The average Bonchev–Trinajstić information content (AvgIpc) is 2.97. The van der Waals surface area contributed by atoms with Gasteiger partial charge in [-0.3, -0.25) is 0 Å². The van der Waals surface area contributed by atoms with Gasteiger partial charge in [0.2, 0.25) is 0 Å². The number of halogens is 2. The van der Waals surface area contributed by atoms with E-state index in [-0.39, 0.29) is 11.8 Å². The maximum atomic E-state index is 14.9. The van der Waals surface area contributed by atoms with E-state index >= 15 is 0 Å². The molecule has 0 fully saturated rings. The van der Waals surface area contributed by atoms with Crippen LogP contribution in [0.1, 0.15) is 139 Å². The summed E-state index contributed by atoms with van der Waals surface area (Å²) in [6, 6.07) is 7.46. The molecule has 3 aromatic rings. The Morgan fingerprint density at radius 2 is 1.15 bits per heavy atom. The van der Waals surface area contributed by atoms with E-state index in [2.05, 4.69) is 26.9 Å². The summed E-state index contributed by atoms with van der Waals surface area (Å²) in [6.45, 7) is 2.27. The third-order valence-electron chi connectivity index (χ3n) is 7.88. The Morgan fingerprint density at radius 1 is 0.625 bits per heavy atom. The highest BCUT2D eigenvalue weighted by Gasteiger charge is 2.25. The second kappa shape index (κ2) is 19.3. The van der Waals surface area contributed by atoms with Crippen molar-refractivity contribution < 1.29 is 8.78 Å². The molecule has 2 unspecified atom stereocenters. The molecule has 2 heterocycles. The van der Waals surface area contributed by atoms with Crippen LogP contribution in [0.5, 0.6) is 0 Å². The van der Waals surface area contributed by atoms with Gasteiger partial charge in [-0.1, -0.05) is 103 Å². The Kier molecular flexibility index (Phi) is 15.4. The Labute approximate surface area is 240 Å². The van der Waals surface area contributed by atoms with Gasteiger partial charge in [0.25, 0.3) is 0 Å². The second-order valence-corrected chi connectivity index (χ2v) is 11.2. The third-order valence-corrected chi connectivity index (χ3v) is 7.88. The highest BCUT2D eigenvalue weighted by Crippen LogP contribution is 2.35. The molecular formula is C34H48F2N4. The van der Waals surface area contributed by atoms with Gasteiger partial charge in [-0.25, -0.2) is 28.7 Å². The first-order valence-electron chi connectivity index (χ1n) is 15.6. The van der Waals surface area contributed by atoms with E-state index in [0.29, 0.717) is 24.2 Å². The van der Waals surface area contributed by atoms with Crippen molar-refractivity contribution in [1.29, 1.82) is 0 Å². The van der Waals surface area contributed by atoms with Gasteiger partial charge in [-0.2, -0.15) is 0 Å². The molecule has 0 aliphatic heterocycles. The van der Waals surface area contributed by atoms with E-state index in [1.165, 1.54) is 89.5 Å². The minimum absolute atomic E-state index is 0.0803. The number of nitrogens with zero attached hydrogens (tertiary/aromatic N) is 4. The molecule has 3 rings (SSSR count). The molecule has 218 valence electrons. The van der Waals surface area contributed by atoms with Crippen LogP contribution in [-0.4, -0.2) is 19.9 Å². The maximum absolute atomic E-state index is 14.9. The lowest BCUT2D eigenvalue weighted by Crippen LogP contribution is -2.14. The molecule has 0 aliphatic carbocycles. The summed E-state index contributed by atoms with van der Waals surface area (Å²) in [4.78, 5) is 17.9. The zero-order chi connectivity index (χ0) is 28.3. The zero-order valence-corrected chi connectivity index (χ0v) is 24.4. The van der Waals surface area contributed by atoms with E-state index in [1.807, 2.05) is 6.07 Å². The highest BCUT2D eigenvalue weighted by atomic mass is 19.1. The molecule has 0 spiro atoms. The number of hydrogen-bond donors (Lipinski definition) is 0. The first-order valence-corrected chi connectivity index (χ1v) is 15.6. The summed E-state index contributed by atoms with van der Waals surface area (Å²) in [5.41, 5.74) is 0.496. The topological polar surface area (TPSA) is 51.6 Å². The van der Waals surface area contributed by atoms with E-state index < -0.39 is 11.6 Å². The number of rotatable bonds is 21. The van der Waals surface area contributed by atoms with Crippen LogP contribution in [0, 0.1) is 11.6 Å². The normalized spacial score (nSPS) is 12.9. The molecule has 6 heteroatoms. The van der Waals surface area contributed by atoms with Gasteiger partial charge in [0.15, 0.2) is 0 Å². The molecule has 0 radical (unpaired) electrons. The predicted molar refractivity (Wildman–Crippen MR) is 159 cm³/mol. The predicted octanol–water partition coefficient (Wildman–Crippen LogP) is 9.92. The number of benzene rings is 1. The van der Waals surface area contributed by atoms with Crippen molar-refractivity contribution in [3.05, 3.63) is 84.0 Å². The fraction of sp³-hybridized carbons (Fsp3) is 0.588. The molecule has 0 bridgehead atoms. The van der Waals surface area contributed by atoms with Crippen LogP contribution in [0.25, 0.3) is 0 Å². The molecule has 2 aromatic heterocycles.